The number of halogens is 1. The van der Waals surface area contributed by atoms with E-state index >= 15 is 0 Å². The molecule has 2 aromatic rings. The van der Waals surface area contributed by atoms with E-state index in [1.165, 1.54) is 6.08 Å². The molecule has 4 heteroatoms. The smallest absolute Gasteiger partial charge is 0.244 e. The topological polar surface area (TPSA) is 55.1 Å². The highest BCUT2D eigenvalue weighted by molar-refractivity contribution is 9.10. The molecule has 0 aliphatic carbocycles. The molecule has 0 fully saturated rings. The number of carbonyl (C=O) groups excluding carboxylic acids is 1. The van der Waals surface area contributed by atoms with Crippen molar-refractivity contribution in [1.82, 2.24) is 5.32 Å². The molecule has 0 spiro atoms. The second-order valence-corrected chi connectivity index (χ2v) is 5.61. The molecule has 0 aliphatic rings. The maximum Gasteiger partial charge on any atom is 0.244 e. The molecule has 0 radical (unpaired) electrons. The molecular weight excluding hydrogens is 328 g/mol. The number of hydrogen-bond acceptors (Lipinski definition) is 2. The zero-order valence-electron chi connectivity index (χ0n) is 11.7. The molecule has 3 nitrogen and oxygen atoms in total. The summed E-state index contributed by atoms with van der Waals surface area (Å²) in [6, 6.07) is 15.2. The van der Waals surface area contributed by atoms with E-state index in [9.17, 15) is 4.79 Å². The molecule has 1 atom stereocenters. The molecule has 1 unspecified atom stereocenters. The van der Waals surface area contributed by atoms with Gasteiger partial charge in [0.15, 0.2) is 0 Å². The lowest BCUT2D eigenvalue weighted by Gasteiger charge is -2.14. The summed E-state index contributed by atoms with van der Waals surface area (Å²) in [5.74, 6) is -0.138. The summed E-state index contributed by atoms with van der Waals surface area (Å²) < 4.78 is 0.984. The fourth-order valence-electron chi connectivity index (χ4n) is 2.00. The minimum Gasteiger partial charge on any atom is -0.399 e. The van der Waals surface area contributed by atoms with Gasteiger partial charge in [-0.15, -0.1) is 0 Å². The van der Waals surface area contributed by atoms with Crippen LogP contribution in [0.2, 0.25) is 0 Å². The summed E-state index contributed by atoms with van der Waals surface area (Å²) in [4.78, 5) is 12.0. The second kappa shape index (κ2) is 7.09. The van der Waals surface area contributed by atoms with E-state index in [4.69, 9.17) is 5.73 Å². The number of carbonyl (C=O) groups is 1. The SMILES string of the molecule is CC(NC(=O)/C=C/c1cccc(N)c1)c1ccccc1Br. The van der Waals surface area contributed by atoms with Crippen LogP contribution >= 0.6 is 15.9 Å². The van der Waals surface area contributed by atoms with Gasteiger partial charge in [0.25, 0.3) is 0 Å². The average Bonchev–Trinajstić information content (AvgIpc) is 2.45. The van der Waals surface area contributed by atoms with Gasteiger partial charge in [0.05, 0.1) is 6.04 Å². The highest BCUT2D eigenvalue weighted by Gasteiger charge is 2.09. The lowest BCUT2D eigenvalue weighted by atomic mass is 10.1. The van der Waals surface area contributed by atoms with Crippen molar-refractivity contribution in [2.24, 2.45) is 0 Å². The molecular formula is C17H17BrN2O. The number of amides is 1. The van der Waals surface area contributed by atoms with Crippen LogP contribution in [-0.4, -0.2) is 5.91 Å². The molecule has 2 aromatic carbocycles. The quantitative estimate of drug-likeness (QED) is 0.652. The van der Waals surface area contributed by atoms with Crippen molar-refractivity contribution in [1.29, 1.82) is 0 Å². The first-order valence-electron chi connectivity index (χ1n) is 6.65. The minimum atomic E-state index is -0.138. The van der Waals surface area contributed by atoms with Gasteiger partial charge in [0.2, 0.25) is 5.91 Å². The number of nitrogen functional groups attached to an aromatic ring is 1. The maximum absolute atomic E-state index is 12.0. The summed E-state index contributed by atoms with van der Waals surface area (Å²) in [6.45, 7) is 1.95. The fourth-order valence-corrected chi connectivity index (χ4v) is 2.63. The highest BCUT2D eigenvalue weighted by Crippen LogP contribution is 2.22. The van der Waals surface area contributed by atoms with Crippen molar-refractivity contribution in [2.45, 2.75) is 13.0 Å². The lowest BCUT2D eigenvalue weighted by molar-refractivity contribution is -0.117. The first-order chi connectivity index (χ1) is 10.1. The Morgan fingerprint density at radius 3 is 2.71 bits per heavy atom. The number of anilines is 1. The molecule has 0 heterocycles. The van der Waals surface area contributed by atoms with E-state index in [2.05, 4.69) is 21.2 Å². The number of benzene rings is 2. The van der Waals surface area contributed by atoms with E-state index < -0.39 is 0 Å². The maximum atomic E-state index is 12.0. The van der Waals surface area contributed by atoms with Crippen LogP contribution in [0.1, 0.15) is 24.1 Å². The van der Waals surface area contributed by atoms with E-state index in [1.807, 2.05) is 55.5 Å². The van der Waals surface area contributed by atoms with E-state index in [0.717, 1.165) is 15.6 Å². The van der Waals surface area contributed by atoms with Gasteiger partial charge in [-0.05, 0) is 42.3 Å². The lowest BCUT2D eigenvalue weighted by Crippen LogP contribution is -2.24. The van der Waals surface area contributed by atoms with Crippen LogP contribution < -0.4 is 11.1 Å². The van der Waals surface area contributed by atoms with Crippen LogP contribution in [-0.2, 0) is 4.79 Å². The Hall–Kier alpha value is -2.07. The molecule has 0 aromatic heterocycles. The first-order valence-corrected chi connectivity index (χ1v) is 7.44. The molecule has 1 amide bonds. The van der Waals surface area contributed by atoms with E-state index in [-0.39, 0.29) is 11.9 Å². The molecule has 0 saturated heterocycles. The minimum absolute atomic E-state index is 0.0708. The van der Waals surface area contributed by atoms with Crippen molar-refractivity contribution < 1.29 is 4.79 Å². The van der Waals surface area contributed by atoms with Gasteiger partial charge in [-0.1, -0.05) is 46.3 Å². The van der Waals surface area contributed by atoms with Crippen LogP contribution in [0.15, 0.2) is 59.1 Å². The van der Waals surface area contributed by atoms with Gasteiger partial charge in [-0.2, -0.15) is 0 Å². The summed E-state index contributed by atoms with van der Waals surface area (Å²) >= 11 is 3.49. The number of rotatable bonds is 4. The summed E-state index contributed by atoms with van der Waals surface area (Å²) in [5, 5.41) is 2.93. The first kappa shape index (κ1) is 15.3. The fraction of sp³-hybridized carbons (Fsp3) is 0.118. The average molecular weight is 345 g/mol. The molecule has 0 saturated carbocycles. The Bertz CT molecular complexity index is 667. The molecule has 3 N–H and O–H groups in total. The monoisotopic (exact) mass is 344 g/mol. The molecule has 2 rings (SSSR count). The van der Waals surface area contributed by atoms with Gasteiger partial charge in [0, 0.05) is 16.2 Å². The summed E-state index contributed by atoms with van der Waals surface area (Å²) in [6.07, 6.45) is 3.26. The van der Waals surface area contributed by atoms with Crippen LogP contribution in [0.25, 0.3) is 6.08 Å². The Morgan fingerprint density at radius 2 is 2.00 bits per heavy atom. The Labute approximate surface area is 133 Å². The highest BCUT2D eigenvalue weighted by atomic mass is 79.9. The predicted octanol–water partition coefficient (Wildman–Crippen LogP) is 3.92. The van der Waals surface area contributed by atoms with E-state index in [1.54, 1.807) is 6.08 Å². The third-order valence-electron chi connectivity index (χ3n) is 3.07. The largest absolute Gasteiger partial charge is 0.399 e. The third-order valence-corrected chi connectivity index (χ3v) is 3.79. The number of hydrogen-bond donors (Lipinski definition) is 2. The van der Waals surface area contributed by atoms with Crippen molar-refractivity contribution in [3.63, 3.8) is 0 Å². The zero-order valence-corrected chi connectivity index (χ0v) is 13.3. The Kier molecular flexibility index (Phi) is 5.17. The van der Waals surface area contributed by atoms with Gasteiger partial charge in [-0.25, -0.2) is 0 Å². The Morgan fingerprint density at radius 1 is 1.24 bits per heavy atom. The second-order valence-electron chi connectivity index (χ2n) is 4.76. The standard InChI is InChI=1S/C17H17BrN2O/c1-12(15-7-2-3-8-16(15)18)20-17(21)10-9-13-5-4-6-14(19)11-13/h2-12H,19H2,1H3,(H,20,21)/b10-9+. The Balaban J connectivity index is 2.00. The molecule has 0 aliphatic heterocycles. The number of nitrogens with one attached hydrogen (secondary N) is 1. The van der Waals surface area contributed by atoms with Crippen LogP contribution in [0.3, 0.4) is 0 Å². The summed E-state index contributed by atoms with van der Waals surface area (Å²) in [5.41, 5.74) is 8.32. The summed E-state index contributed by atoms with van der Waals surface area (Å²) in [7, 11) is 0. The number of nitrogens with two attached hydrogens (primary N) is 1. The van der Waals surface area contributed by atoms with Crippen molar-refractivity contribution in [3.05, 3.63) is 70.2 Å². The zero-order chi connectivity index (χ0) is 15.2. The van der Waals surface area contributed by atoms with Crippen LogP contribution in [0, 0.1) is 0 Å². The molecule has 21 heavy (non-hydrogen) atoms. The van der Waals surface area contributed by atoms with Crippen LogP contribution in [0.5, 0.6) is 0 Å². The van der Waals surface area contributed by atoms with Crippen molar-refractivity contribution in [3.8, 4) is 0 Å². The van der Waals surface area contributed by atoms with Gasteiger partial charge in [0.1, 0.15) is 0 Å². The molecule has 0 bridgehead atoms. The third kappa shape index (κ3) is 4.46. The van der Waals surface area contributed by atoms with Crippen molar-refractivity contribution >= 4 is 33.6 Å². The van der Waals surface area contributed by atoms with Gasteiger partial charge < -0.3 is 11.1 Å². The molecule has 108 valence electrons. The van der Waals surface area contributed by atoms with Crippen LogP contribution in [0.4, 0.5) is 5.69 Å². The van der Waals surface area contributed by atoms with Gasteiger partial charge >= 0.3 is 0 Å². The predicted molar refractivity (Wildman–Crippen MR) is 90.6 cm³/mol. The van der Waals surface area contributed by atoms with Crippen molar-refractivity contribution in [2.75, 3.05) is 5.73 Å². The normalized spacial score (nSPS) is 12.3. The van der Waals surface area contributed by atoms with Gasteiger partial charge in [-0.3, -0.25) is 4.79 Å². The van der Waals surface area contributed by atoms with E-state index in [0.29, 0.717) is 5.69 Å².